The largest absolute Gasteiger partial charge is 0.378 e. The molecule has 1 amide bonds. The first-order valence-electron chi connectivity index (χ1n) is 12.9. The van der Waals surface area contributed by atoms with Crippen molar-refractivity contribution in [2.24, 2.45) is 0 Å². The van der Waals surface area contributed by atoms with Crippen molar-refractivity contribution in [2.75, 3.05) is 63.9 Å². The summed E-state index contributed by atoms with van der Waals surface area (Å²) in [7, 11) is 0. The summed E-state index contributed by atoms with van der Waals surface area (Å²) in [5.41, 5.74) is 3.74. The molecular weight excluding hydrogens is 454 g/mol. The number of aryl methyl sites for hydroxylation is 1. The van der Waals surface area contributed by atoms with E-state index in [1.807, 2.05) is 6.07 Å². The van der Waals surface area contributed by atoms with E-state index in [0.29, 0.717) is 0 Å². The van der Waals surface area contributed by atoms with Crippen LogP contribution in [0.1, 0.15) is 28.1 Å². The van der Waals surface area contributed by atoms with Crippen molar-refractivity contribution in [3.05, 3.63) is 77.2 Å². The third kappa shape index (κ3) is 6.13. The minimum absolute atomic E-state index is 0.179. The summed E-state index contributed by atoms with van der Waals surface area (Å²) in [5, 5.41) is 1.19. The minimum atomic E-state index is 0.179. The molecule has 0 unspecified atom stereocenters. The number of carbonyl (C=O) groups excluding carboxylic acids is 1. The summed E-state index contributed by atoms with van der Waals surface area (Å²) in [4.78, 5) is 21.4. The Labute approximate surface area is 212 Å². The molecule has 0 bridgehead atoms. The zero-order chi connectivity index (χ0) is 23.9. The van der Waals surface area contributed by atoms with Gasteiger partial charge in [0.2, 0.25) is 0 Å². The van der Waals surface area contributed by atoms with Gasteiger partial charge in [-0.3, -0.25) is 4.79 Å². The number of hydrogen-bond donors (Lipinski definition) is 0. The van der Waals surface area contributed by atoms with E-state index in [2.05, 4.69) is 75.4 Å². The van der Waals surface area contributed by atoms with E-state index >= 15 is 0 Å². The highest BCUT2D eigenvalue weighted by Crippen LogP contribution is 2.40. The highest BCUT2D eigenvalue weighted by atomic mass is 32.1. The third-order valence-electron chi connectivity index (χ3n) is 6.96. The van der Waals surface area contributed by atoms with Crippen LogP contribution in [0.4, 0.5) is 5.00 Å². The van der Waals surface area contributed by atoms with Gasteiger partial charge in [0, 0.05) is 38.3 Å². The molecule has 3 aromatic rings. The van der Waals surface area contributed by atoms with Crippen LogP contribution >= 0.6 is 11.3 Å². The number of nitrogens with zero attached hydrogens (tertiary/aromatic N) is 3. The second-order valence-electron chi connectivity index (χ2n) is 9.37. The van der Waals surface area contributed by atoms with Gasteiger partial charge in [0.1, 0.15) is 0 Å². The molecule has 2 aliphatic heterocycles. The van der Waals surface area contributed by atoms with Gasteiger partial charge in [-0.25, -0.2) is 0 Å². The van der Waals surface area contributed by atoms with Crippen LogP contribution in [-0.4, -0.2) is 74.7 Å². The maximum absolute atomic E-state index is 13.6. The Hall–Kier alpha value is -2.67. The van der Waals surface area contributed by atoms with Crippen LogP contribution in [0.25, 0.3) is 11.1 Å². The Morgan fingerprint density at radius 3 is 2.37 bits per heavy atom. The molecule has 35 heavy (non-hydrogen) atoms. The normalized spacial score (nSPS) is 17.4. The van der Waals surface area contributed by atoms with E-state index in [-0.39, 0.29) is 5.91 Å². The fraction of sp³-hybridized carbons (Fsp3) is 0.414. The van der Waals surface area contributed by atoms with Crippen molar-refractivity contribution >= 4 is 22.2 Å². The smallest absolute Gasteiger partial charge is 0.264 e. The average molecular weight is 490 g/mol. The second kappa shape index (κ2) is 11.8. The molecule has 3 heterocycles. The molecule has 5 nitrogen and oxygen atoms in total. The molecule has 184 valence electrons. The van der Waals surface area contributed by atoms with Crippen LogP contribution in [0.15, 0.2) is 66.7 Å². The standard InChI is InChI=1S/C29H35N3O2S/c33-28(31-16-8-15-30(17-18-31)14-7-11-24-9-3-1-4-10-24)27-23-26(25-12-5-2-6-13-25)29(35-27)32-19-21-34-22-20-32/h1-6,9-10,12-13,23H,7-8,11,14-22H2. The summed E-state index contributed by atoms with van der Waals surface area (Å²) in [5.74, 6) is 0.179. The number of benzene rings is 2. The summed E-state index contributed by atoms with van der Waals surface area (Å²) in [6, 6.07) is 23.3. The van der Waals surface area contributed by atoms with Gasteiger partial charge in [-0.15, -0.1) is 11.3 Å². The molecule has 0 aliphatic carbocycles. The first-order valence-corrected chi connectivity index (χ1v) is 13.7. The molecule has 0 saturated carbocycles. The van der Waals surface area contributed by atoms with Gasteiger partial charge in [0.25, 0.3) is 5.91 Å². The monoisotopic (exact) mass is 489 g/mol. The Morgan fingerprint density at radius 1 is 0.857 bits per heavy atom. The minimum Gasteiger partial charge on any atom is -0.378 e. The number of ether oxygens (including phenoxy) is 1. The second-order valence-corrected chi connectivity index (χ2v) is 10.4. The third-order valence-corrected chi connectivity index (χ3v) is 8.15. The van der Waals surface area contributed by atoms with Crippen molar-refractivity contribution in [1.29, 1.82) is 0 Å². The maximum Gasteiger partial charge on any atom is 0.264 e. The first-order chi connectivity index (χ1) is 17.3. The van der Waals surface area contributed by atoms with Crippen LogP contribution < -0.4 is 4.90 Å². The van der Waals surface area contributed by atoms with E-state index in [1.54, 1.807) is 11.3 Å². The number of amides is 1. The Morgan fingerprint density at radius 2 is 1.60 bits per heavy atom. The lowest BCUT2D eigenvalue weighted by Gasteiger charge is -2.28. The van der Waals surface area contributed by atoms with Gasteiger partial charge in [0.05, 0.1) is 23.1 Å². The van der Waals surface area contributed by atoms with Crippen molar-refractivity contribution < 1.29 is 9.53 Å². The number of rotatable bonds is 7. The van der Waals surface area contributed by atoms with E-state index in [4.69, 9.17) is 4.74 Å². The fourth-order valence-electron chi connectivity index (χ4n) is 5.02. The molecule has 0 N–H and O–H groups in total. The number of anilines is 1. The molecule has 2 aromatic carbocycles. The summed E-state index contributed by atoms with van der Waals surface area (Å²) in [6.45, 7) is 7.96. The average Bonchev–Trinajstić information content (AvgIpc) is 3.23. The molecule has 2 saturated heterocycles. The van der Waals surface area contributed by atoms with Crippen molar-refractivity contribution in [3.8, 4) is 11.1 Å². The summed E-state index contributed by atoms with van der Waals surface area (Å²) < 4.78 is 5.58. The lowest BCUT2D eigenvalue weighted by atomic mass is 10.1. The van der Waals surface area contributed by atoms with Crippen LogP contribution in [0, 0.1) is 0 Å². The Bertz CT molecular complexity index is 1080. The highest BCUT2D eigenvalue weighted by Gasteiger charge is 2.26. The molecule has 0 spiro atoms. The summed E-state index contributed by atoms with van der Waals surface area (Å²) >= 11 is 1.65. The van der Waals surface area contributed by atoms with E-state index in [0.717, 1.165) is 83.2 Å². The van der Waals surface area contributed by atoms with Gasteiger partial charge in [-0.1, -0.05) is 60.7 Å². The zero-order valence-corrected chi connectivity index (χ0v) is 21.2. The maximum atomic E-state index is 13.6. The zero-order valence-electron chi connectivity index (χ0n) is 20.4. The van der Waals surface area contributed by atoms with Gasteiger partial charge in [0.15, 0.2) is 0 Å². The van der Waals surface area contributed by atoms with E-state index < -0.39 is 0 Å². The highest BCUT2D eigenvalue weighted by molar-refractivity contribution is 7.18. The topological polar surface area (TPSA) is 36.0 Å². The lowest BCUT2D eigenvalue weighted by Crippen LogP contribution is -2.36. The Balaban J connectivity index is 1.24. The SMILES string of the molecule is O=C(c1cc(-c2ccccc2)c(N2CCOCC2)s1)N1CCCN(CCCc2ccccc2)CC1. The number of thiophene rings is 1. The fourth-order valence-corrected chi connectivity index (χ4v) is 6.22. The van der Waals surface area contributed by atoms with E-state index in [9.17, 15) is 4.79 Å². The Kier molecular flexibility index (Phi) is 8.14. The van der Waals surface area contributed by atoms with Crippen molar-refractivity contribution in [3.63, 3.8) is 0 Å². The molecule has 1 aromatic heterocycles. The predicted octanol–water partition coefficient (Wildman–Crippen LogP) is 5.03. The van der Waals surface area contributed by atoms with Gasteiger partial charge < -0.3 is 19.4 Å². The molecule has 0 radical (unpaired) electrons. The van der Waals surface area contributed by atoms with Crippen molar-refractivity contribution in [1.82, 2.24) is 9.80 Å². The van der Waals surface area contributed by atoms with E-state index in [1.165, 1.54) is 21.7 Å². The number of hydrogen-bond acceptors (Lipinski definition) is 5. The molecular formula is C29H35N3O2S. The van der Waals surface area contributed by atoms with Crippen LogP contribution in [0.5, 0.6) is 0 Å². The molecule has 0 atom stereocenters. The molecule has 6 heteroatoms. The van der Waals surface area contributed by atoms with Gasteiger partial charge in [-0.05, 0) is 49.5 Å². The quantitative estimate of drug-likeness (QED) is 0.466. The van der Waals surface area contributed by atoms with Crippen LogP contribution in [-0.2, 0) is 11.2 Å². The van der Waals surface area contributed by atoms with Gasteiger partial charge >= 0.3 is 0 Å². The van der Waals surface area contributed by atoms with Gasteiger partial charge in [-0.2, -0.15) is 0 Å². The lowest BCUT2D eigenvalue weighted by molar-refractivity contribution is 0.0766. The summed E-state index contributed by atoms with van der Waals surface area (Å²) in [6.07, 6.45) is 3.30. The molecule has 2 aliphatic rings. The number of morpholine rings is 1. The predicted molar refractivity (Wildman–Crippen MR) is 145 cm³/mol. The molecule has 2 fully saturated rings. The van der Waals surface area contributed by atoms with Crippen molar-refractivity contribution in [2.45, 2.75) is 19.3 Å². The number of carbonyl (C=O) groups is 1. The first kappa shape index (κ1) is 24.0. The molecule has 5 rings (SSSR count). The van der Waals surface area contributed by atoms with Crippen LogP contribution in [0.3, 0.4) is 0 Å². The van der Waals surface area contributed by atoms with Crippen LogP contribution in [0.2, 0.25) is 0 Å².